The van der Waals surface area contributed by atoms with Gasteiger partial charge in [0.15, 0.2) is 0 Å². The van der Waals surface area contributed by atoms with Gasteiger partial charge in [0.2, 0.25) is 0 Å². The molecule has 1 saturated heterocycles. The molecule has 3 heteroatoms. The van der Waals surface area contributed by atoms with E-state index in [0.29, 0.717) is 12.1 Å². The van der Waals surface area contributed by atoms with Gasteiger partial charge in [-0.2, -0.15) is 0 Å². The summed E-state index contributed by atoms with van der Waals surface area (Å²) in [5, 5.41) is 3.68. The van der Waals surface area contributed by atoms with Crippen molar-refractivity contribution in [1.29, 1.82) is 0 Å². The number of rotatable bonds is 4. The van der Waals surface area contributed by atoms with E-state index in [0.717, 1.165) is 13.1 Å². The molecular weight excluding hydrogens is 234 g/mol. The van der Waals surface area contributed by atoms with Crippen LogP contribution in [0.3, 0.4) is 0 Å². The van der Waals surface area contributed by atoms with Crippen molar-refractivity contribution in [3.05, 3.63) is 35.9 Å². The van der Waals surface area contributed by atoms with Crippen LogP contribution in [0.15, 0.2) is 30.3 Å². The van der Waals surface area contributed by atoms with E-state index in [9.17, 15) is 0 Å². The molecule has 1 heterocycles. The minimum absolute atomic E-state index is 0.414. The van der Waals surface area contributed by atoms with Crippen molar-refractivity contribution in [3.8, 4) is 0 Å². The Morgan fingerprint density at radius 1 is 1.21 bits per heavy atom. The molecule has 1 fully saturated rings. The number of hydrogen-bond acceptors (Lipinski definition) is 3. The number of nitrogens with zero attached hydrogens (tertiary/aromatic N) is 2. The lowest BCUT2D eigenvalue weighted by atomic mass is 9.98. The fourth-order valence-electron chi connectivity index (χ4n) is 3.02. The van der Waals surface area contributed by atoms with E-state index in [1.807, 2.05) is 0 Å². The topological polar surface area (TPSA) is 18.5 Å². The number of nitrogens with one attached hydrogen (secondary N) is 1. The molecule has 0 aliphatic carbocycles. The maximum Gasteiger partial charge on any atom is 0.0490 e. The highest BCUT2D eigenvalue weighted by atomic mass is 15.2. The molecule has 19 heavy (non-hydrogen) atoms. The van der Waals surface area contributed by atoms with Crippen LogP contribution in [0.5, 0.6) is 0 Å². The molecule has 1 aromatic rings. The van der Waals surface area contributed by atoms with Gasteiger partial charge in [-0.05, 0) is 45.7 Å². The van der Waals surface area contributed by atoms with E-state index in [-0.39, 0.29) is 0 Å². The zero-order chi connectivity index (χ0) is 13.7. The molecular formula is C16H27N3. The van der Waals surface area contributed by atoms with Crippen LogP contribution in [0.1, 0.15) is 24.9 Å². The Morgan fingerprint density at radius 2 is 1.95 bits per heavy atom. The third-order valence-electron chi connectivity index (χ3n) is 4.08. The fraction of sp³-hybridized carbons (Fsp3) is 0.625. The highest BCUT2D eigenvalue weighted by Crippen LogP contribution is 2.23. The molecule has 1 aliphatic rings. The van der Waals surface area contributed by atoms with Gasteiger partial charge in [0, 0.05) is 18.6 Å². The fourth-order valence-corrected chi connectivity index (χ4v) is 3.02. The molecule has 0 spiro atoms. The van der Waals surface area contributed by atoms with Crippen LogP contribution in [0.4, 0.5) is 0 Å². The first-order valence-electron chi connectivity index (χ1n) is 7.39. The molecule has 1 aliphatic heterocycles. The second-order valence-corrected chi connectivity index (χ2v) is 5.61. The Morgan fingerprint density at radius 3 is 2.63 bits per heavy atom. The van der Waals surface area contributed by atoms with Crippen LogP contribution in [0.25, 0.3) is 0 Å². The van der Waals surface area contributed by atoms with Gasteiger partial charge in [-0.1, -0.05) is 37.3 Å². The Hall–Kier alpha value is -0.900. The van der Waals surface area contributed by atoms with Crippen molar-refractivity contribution < 1.29 is 0 Å². The quantitative estimate of drug-likeness (QED) is 0.894. The Kier molecular flexibility index (Phi) is 5.37. The maximum absolute atomic E-state index is 3.68. The molecule has 2 rings (SSSR count). The highest BCUT2D eigenvalue weighted by Gasteiger charge is 2.28. The second kappa shape index (κ2) is 7.04. The number of benzene rings is 1. The van der Waals surface area contributed by atoms with E-state index >= 15 is 0 Å². The summed E-state index contributed by atoms with van der Waals surface area (Å²) in [5.41, 5.74) is 1.40. The van der Waals surface area contributed by atoms with Gasteiger partial charge in [0.1, 0.15) is 0 Å². The van der Waals surface area contributed by atoms with Crippen LogP contribution < -0.4 is 5.32 Å². The summed E-state index contributed by atoms with van der Waals surface area (Å²) in [4.78, 5) is 4.98. The standard InChI is InChI=1S/C16H27N3/c1-4-17-16(14-9-6-5-7-10-14)15-13-18(2)11-8-12-19(15)3/h5-7,9-10,15-17H,4,8,11-13H2,1-3H3. The average molecular weight is 261 g/mol. The Labute approximate surface area is 117 Å². The van der Waals surface area contributed by atoms with E-state index in [1.54, 1.807) is 0 Å². The smallest absolute Gasteiger partial charge is 0.0490 e. The monoisotopic (exact) mass is 261 g/mol. The van der Waals surface area contributed by atoms with Gasteiger partial charge in [-0.3, -0.25) is 0 Å². The summed E-state index contributed by atoms with van der Waals surface area (Å²) in [6.45, 7) is 6.71. The van der Waals surface area contributed by atoms with Gasteiger partial charge in [0.05, 0.1) is 0 Å². The summed E-state index contributed by atoms with van der Waals surface area (Å²) in [6.07, 6.45) is 1.26. The molecule has 106 valence electrons. The van der Waals surface area contributed by atoms with Gasteiger partial charge in [-0.25, -0.2) is 0 Å². The summed E-state index contributed by atoms with van der Waals surface area (Å²) in [5.74, 6) is 0. The van der Waals surface area contributed by atoms with Crippen molar-refractivity contribution in [3.63, 3.8) is 0 Å². The molecule has 3 nitrogen and oxygen atoms in total. The van der Waals surface area contributed by atoms with E-state index in [4.69, 9.17) is 0 Å². The zero-order valence-electron chi connectivity index (χ0n) is 12.5. The Balaban J connectivity index is 2.21. The van der Waals surface area contributed by atoms with Crippen LogP contribution >= 0.6 is 0 Å². The molecule has 1 aromatic carbocycles. The van der Waals surface area contributed by atoms with Crippen molar-refractivity contribution in [2.75, 3.05) is 40.3 Å². The lowest BCUT2D eigenvalue weighted by Gasteiger charge is -2.35. The highest BCUT2D eigenvalue weighted by molar-refractivity contribution is 5.21. The van der Waals surface area contributed by atoms with Crippen LogP contribution in [-0.2, 0) is 0 Å². The third kappa shape index (κ3) is 3.78. The maximum atomic E-state index is 3.68. The number of hydrogen-bond donors (Lipinski definition) is 1. The van der Waals surface area contributed by atoms with E-state index in [1.165, 1.54) is 25.1 Å². The van der Waals surface area contributed by atoms with Crippen LogP contribution in [-0.4, -0.2) is 56.1 Å². The third-order valence-corrected chi connectivity index (χ3v) is 4.08. The normalized spacial score (nSPS) is 24.1. The molecule has 0 bridgehead atoms. The van der Waals surface area contributed by atoms with Gasteiger partial charge >= 0.3 is 0 Å². The molecule has 2 atom stereocenters. The lowest BCUT2D eigenvalue weighted by Crippen LogP contribution is -2.47. The largest absolute Gasteiger partial charge is 0.309 e. The first-order chi connectivity index (χ1) is 9.22. The van der Waals surface area contributed by atoms with E-state index < -0.39 is 0 Å². The number of likely N-dealkylation sites (N-methyl/N-ethyl adjacent to an activating group) is 3. The molecule has 2 unspecified atom stereocenters. The summed E-state index contributed by atoms with van der Waals surface area (Å²) >= 11 is 0. The predicted molar refractivity (Wildman–Crippen MR) is 81.4 cm³/mol. The summed E-state index contributed by atoms with van der Waals surface area (Å²) in [6, 6.07) is 11.8. The van der Waals surface area contributed by atoms with Crippen molar-refractivity contribution >= 4 is 0 Å². The average Bonchev–Trinajstić information content (AvgIpc) is 2.59. The molecule has 0 radical (unpaired) electrons. The predicted octanol–water partition coefficient (Wildman–Crippen LogP) is 1.97. The summed E-state index contributed by atoms with van der Waals surface area (Å²) < 4.78 is 0. The van der Waals surface area contributed by atoms with Crippen molar-refractivity contribution in [1.82, 2.24) is 15.1 Å². The first kappa shape index (κ1) is 14.5. The van der Waals surface area contributed by atoms with Gasteiger partial charge in [0.25, 0.3) is 0 Å². The second-order valence-electron chi connectivity index (χ2n) is 5.61. The van der Waals surface area contributed by atoms with Crippen LogP contribution in [0.2, 0.25) is 0 Å². The zero-order valence-corrected chi connectivity index (χ0v) is 12.5. The molecule has 1 N–H and O–H groups in total. The van der Waals surface area contributed by atoms with Gasteiger partial charge < -0.3 is 15.1 Å². The molecule has 0 saturated carbocycles. The van der Waals surface area contributed by atoms with Crippen molar-refractivity contribution in [2.45, 2.75) is 25.4 Å². The van der Waals surface area contributed by atoms with Gasteiger partial charge in [-0.15, -0.1) is 0 Å². The van der Waals surface area contributed by atoms with Crippen molar-refractivity contribution in [2.24, 2.45) is 0 Å². The molecule has 0 aromatic heterocycles. The molecule has 0 amide bonds. The Bertz CT molecular complexity index is 366. The van der Waals surface area contributed by atoms with Crippen LogP contribution in [0, 0.1) is 0 Å². The summed E-state index contributed by atoms with van der Waals surface area (Å²) in [7, 11) is 4.50. The first-order valence-corrected chi connectivity index (χ1v) is 7.39. The SMILES string of the molecule is CCNC(c1ccccc1)C1CN(C)CCCN1C. The lowest BCUT2D eigenvalue weighted by molar-refractivity contribution is 0.179. The minimum atomic E-state index is 0.414. The minimum Gasteiger partial charge on any atom is -0.309 e. The van der Waals surface area contributed by atoms with E-state index in [2.05, 4.69) is 66.5 Å².